The van der Waals surface area contributed by atoms with E-state index in [-0.39, 0.29) is 17.3 Å². The Balaban J connectivity index is 1.49. The molecule has 4 aromatic rings. The molecule has 0 saturated carbocycles. The maximum absolute atomic E-state index is 13.8. The Kier molecular flexibility index (Phi) is 4.95. The van der Waals surface area contributed by atoms with E-state index in [0.717, 1.165) is 27.7 Å². The lowest BCUT2D eigenvalue weighted by atomic mass is 9.72. The summed E-state index contributed by atoms with van der Waals surface area (Å²) in [5, 5.41) is 9.93. The summed E-state index contributed by atoms with van der Waals surface area (Å²) < 4.78 is 10.8. The van der Waals surface area contributed by atoms with Crippen molar-refractivity contribution in [2.45, 2.75) is 24.7 Å². The predicted octanol–water partition coefficient (Wildman–Crippen LogP) is 4.23. The highest BCUT2D eigenvalue weighted by atomic mass is 16.5. The van der Waals surface area contributed by atoms with E-state index >= 15 is 0 Å². The zero-order valence-electron chi connectivity index (χ0n) is 19.3. The van der Waals surface area contributed by atoms with Gasteiger partial charge in [-0.1, -0.05) is 24.3 Å². The largest absolute Gasteiger partial charge is 0.493 e. The van der Waals surface area contributed by atoms with Gasteiger partial charge < -0.3 is 14.8 Å². The highest BCUT2D eigenvalue weighted by molar-refractivity contribution is 6.02. The van der Waals surface area contributed by atoms with Crippen molar-refractivity contribution in [2.24, 2.45) is 0 Å². The molecule has 35 heavy (non-hydrogen) atoms. The van der Waals surface area contributed by atoms with Crippen molar-refractivity contribution in [1.29, 1.82) is 0 Å². The fourth-order valence-electron chi connectivity index (χ4n) is 5.44. The number of pyridine rings is 1. The molecular weight excluding hydrogens is 444 g/mol. The molecule has 0 radical (unpaired) electrons. The second kappa shape index (κ2) is 8.16. The summed E-state index contributed by atoms with van der Waals surface area (Å²) in [7, 11) is 3.20. The van der Waals surface area contributed by atoms with Gasteiger partial charge in [0.1, 0.15) is 5.82 Å². The number of anilines is 1. The lowest BCUT2D eigenvalue weighted by Crippen LogP contribution is -2.31. The molecule has 6 rings (SSSR count). The number of allylic oxidation sites excluding steroid dienone is 2. The van der Waals surface area contributed by atoms with Gasteiger partial charge in [-0.25, -0.2) is 0 Å². The molecule has 2 aliphatic rings. The fraction of sp³-hybridized carbons (Fsp3) is 0.222. The lowest BCUT2D eigenvalue weighted by Gasteiger charge is -2.35. The van der Waals surface area contributed by atoms with Crippen molar-refractivity contribution in [3.8, 4) is 11.5 Å². The van der Waals surface area contributed by atoms with Gasteiger partial charge in [0.15, 0.2) is 17.3 Å². The van der Waals surface area contributed by atoms with Crippen molar-refractivity contribution in [2.75, 3.05) is 19.5 Å². The molecule has 1 aliphatic carbocycles. The highest BCUT2D eigenvalue weighted by Gasteiger charge is 2.41. The Morgan fingerprint density at radius 1 is 0.943 bits per heavy atom. The quantitative estimate of drug-likeness (QED) is 0.414. The van der Waals surface area contributed by atoms with E-state index in [1.54, 1.807) is 20.4 Å². The monoisotopic (exact) mass is 468 g/mol. The molecule has 0 saturated heterocycles. The molecule has 0 spiro atoms. The molecule has 0 bridgehead atoms. The first-order valence-corrected chi connectivity index (χ1v) is 11.5. The number of hydrogen-bond acceptors (Lipinski definition) is 6. The summed E-state index contributed by atoms with van der Waals surface area (Å²) in [6, 6.07) is 15.5. The third-order valence-corrected chi connectivity index (χ3v) is 7.05. The van der Waals surface area contributed by atoms with Crippen molar-refractivity contribution < 1.29 is 14.3 Å². The van der Waals surface area contributed by atoms with Crippen molar-refractivity contribution in [3.05, 3.63) is 93.0 Å². The molecule has 8 heteroatoms. The lowest BCUT2D eigenvalue weighted by molar-refractivity contribution is -0.116. The summed E-state index contributed by atoms with van der Waals surface area (Å²) in [4.78, 5) is 31.1. The minimum absolute atomic E-state index is 0.0238. The first kappa shape index (κ1) is 21.2. The SMILES string of the molecule is COc1ccc([C@H]2CC(=O)C3=C(C2)Nc2[nH][nH]c(=O)c2[C@@H]3c2ccnc3ccccc23)cc1OC. The average molecular weight is 469 g/mol. The number of nitrogens with zero attached hydrogens (tertiary/aromatic N) is 1. The van der Waals surface area contributed by atoms with Crippen LogP contribution in [0.1, 0.15) is 41.4 Å². The van der Waals surface area contributed by atoms with Gasteiger partial charge in [-0.2, -0.15) is 0 Å². The minimum atomic E-state index is -0.483. The van der Waals surface area contributed by atoms with Gasteiger partial charge >= 0.3 is 0 Å². The van der Waals surface area contributed by atoms with Crippen LogP contribution in [0.25, 0.3) is 10.9 Å². The van der Waals surface area contributed by atoms with Crippen LogP contribution in [0.3, 0.4) is 0 Å². The van der Waals surface area contributed by atoms with Crippen molar-refractivity contribution >= 4 is 22.5 Å². The molecule has 2 aromatic carbocycles. The first-order valence-electron chi connectivity index (χ1n) is 11.5. The molecular formula is C27H24N4O4. The van der Waals surface area contributed by atoms with Crippen LogP contribution in [-0.4, -0.2) is 35.2 Å². The maximum atomic E-state index is 13.8. The maximum Gasteiger partial charge on any atom is 0.270 e. The van der Waals surface area contributed by atoms with Crippen LogP contribution >= 0.6 is 0 Å². The Bertz CT molecular complexity index is 1560. The number of aromatic amines is 2. The number of ether oxygens (including phenoxy) is 2. The van der Waals surface area contributed by atoms with Crippen LogP contribution in [0.15, 0.2) is 70.8 Å². The Morgan fingerprint density at radius 2 is 1.77 bits per heavy atom. The third-order valence-electron chi connectivity index (χ3n) is 7.05. The van der Waals surface area contributed by atoms with Crippen LogP contribution < -0.4 is 20.3 Å². The number of carbonyl (C=O) groups excluding carboxylic acids is 1. The van der Waals surface area contributed by atoms with Crippen molar-refractivity contribution in [3.63, 3.8) is 0 Å². The van der Waals surface area contributed by atoms with E-state index in [4.69, 9.17) is 9.47 Å². The summed E-state index contributed by atoms with van der Waals surface area (Å²) in [5.41, 5.74) is 4.49. The molecule has 0 unspecified atom stereocenters. The third kappa shape index (κ3) is 3.32. The molecule has 1 aliphatic heterocycles. The number of para-hydroxylation sites is 1. The van der Waals surface area contributed by atoms with Crippen LogP contribution in [0, 0.1) is 0 Å². The van der Waals surface area contributed by atoms with E-state index in [0.29, 0.717) is 41.3 Å². The molecule has 3 N–H and O–H groups in total. The second-order valence-corrected chi connectivity index (χ2v) is 8.88. The van der Waals surface area contributed by atoms with E-state index in [1.165, 1.54) is 0 Å². The van der Waals surface area contributed by atoms with Crippen LogP contribution in [0.4, 0.5) is 5.82 Å². The number of rotatable bonds is 4. The molecule has 2 aromatic heterocycles. The van der Waals surface area contributed by atoms with Gasteiger partial charge in [0, 0.05) is 35.2 Å². The number of ketones is 1. The number of fused-ring (bicyclic) bond motifs is 2. The number of aromatic nitrogens is 3. The molecule has 0 amide bonds. The summed E-state index contributed by atoms with van der Waals surface area (Å²) in [5.74, 6) is 1.38. The second-order valence-electron chi connectivity index (χ2n) is 8.88. The first-order chi connectivity index (χ1) is 17.1. The summed E-state index contributed by atoms with van der Waals surface area (Å²) >= 11 is 0. The van der Waals surface area contributed by atoms with Gasteiger partial charge in [-0.3, -0.25) is 24.8 Å². The normalized spacial score (nSPS) is 19.2. The number of carbonyl (C=O) groups is 1. The standard InChI is InChI=1S/C27H24N4O4/c1-34-21-8-7-14(13-22(21)35-2)15-11-19-24(20(32)12-15)23(25-26(29-19)30-31-27(25)33)17-9-10-28-18-6-4-3-5-16(17)18/h3-10,13,15,23H,11-12H2,1-2H3,(H3,29,30,31,33)/t15-,23-/m1/s1. The summed E-state index contributed by atoms with van der Waals surface area (Å²) in [6.07, 6.45) is 2.70. The van der Waals surface area contributed by atoms with Crippen LogP contribution in [0.5, 0.6) is 11.5 Å². The van der Waals surface area contributed by atoms with Gasteiger partial charge in [0.2, 0.25) is 0 Å². The Morgan fingerprint density at radius 3 is 2.60 bits per heavy atom. The molecule has 8 nitrogen and oxygen atoms in total. The molecule has 0 fully saturated rings. The van der Waals surface area contributed by atoms with Crippen LogP contribution in [-0.2, 0) is 4.79 Å². The number of benzene rings is 2. The Labute approximate surface area is 201 Å². The zero-order valence-corrected chi connectivity index (χ0v) is 19.3. The average Bonchev–Trinajstić information content (AvgIpc) is 3.26. The van der Waals surface area contributed by atoms with Gasteiger partial charge in [-0.05, 0) is 47.7 Å². The number of nitrogens with one attached hydrogen (secondary N) is 3. The zero-order chi connectivity index (χ0) is 24.1. The topological polar surface area (TPSA) is 109 Å². The predicted molar refractivity (Wildman–Crippen MR) is 132 cm³/mol. The van der Waals surface area contributed by atoms with E-state index < -0.39 is 5.92 Å². The van der Waals surface area contributed by atoms with Crippen molar-refractivity contribution in [1.82, 2.24) is 15.2 Å². The Hall–Kier alpha value is -4.33. The van der Waals surface area contributed by atoms with Gasteiger partial charge in [-0.15, -0.1) is 0 Å². The number of Topliss-reactive ketones (excluding diaryl/α,β-unsaturated/α-hetero) is 1. The minimum Gasteiger partial charge on any atom is -0.493 e. The van der Waals surface area contributed by atoms with Gasteiger partial charge in [0.25, 0.3) is 5.56 Å². The van der Waals surface area contributed by atoms with E-state index in [9.17, 15) is 9.59 Å². The number of H-pyrrole nitrogens is 2. The van der Waals surface area contributed by atoms with E-state index in [2.05, 4.69) is 20.5 Å². The highest BCUT2D eigenvalue weighted by Crippen LogP contribution is 2.48. The van der Waals surface area contributed by atoms with Crippen LogP contribution in [0.2, 0.25) is 0 Å². The molecule has 176 valence electrons. The molecule has 2 atom stereocenters. The van der Waals surface area contributed by atoms with E-state index in [1.807, 2.05) is 48.5 Å². The smallest absolute Gasteiger partial charge is 0.270 e. The van der Waals surface area contributed by atoms with Gasteiger partial charge in [0.05, 0.1) is 25.3 Å². The number of hydrogen-bond donors (Lipinski definition) is 3. The molecule has 3 heterocycles. The fourth-order valence-corrected chi connectivity index (χ4v) is 5.44. The number of methoxy groups -OCH3 is 2. The summed E-state index contributed by atoms with van der Waals surface area (Å²) in [6.45, 7) is 0.